The van der Waals surface area contributed by atoms with Gasteiger partial charge in [-0.2, -0.15) is 0 Å². The van der Waals surface area contributed by atoms with Crippen molar-refractivity contribution >= 4 is 11.8 Å². The summed E-state index contributed by atoms with van der Waals surface area (Å²) in [5.41, 5.74) is 4.34. The normalized spacial score (nSPS) is 15.2. The molecule has 1 N–H and O–H groups in total. The molecule has 0 atom stereocenters. The van der Waals surface area contributed by atoms with Crippen molar-refractivity contribution in [2.45, 2.75) is 52.5 Å². The van der Waals surface area contributed by atoms with E-state index in [1.54, 1.807) is 0 Å². The van der Waals surface area contributed by atoms with E-state index in [0.29, 0.717) is 32.5 Å². The molecule has 0 saturated carbocycles. The van der Waals surface area contributed by atoms with Crippen LogP contribution in [0.25, 0.3) is 0 Å². The summed E-state index contributed by atoms with van der Waals surface area (Å²) in [6.07, 6.45) is 1.43. The maximum atomic E-state index is 12.8. The van der Waals surface area contributed by atoms with E-state index < -0.39 is 0 Å². The summed E-state index contributed by atoms with van der Waals surface area (Å²) in [4.78, 5) is 27.2. The van der Waals surface area contributed by atoms with Crippen molar-refractivity contribution in [1.29, 1.82) is 0 Å². The van der Waals surface area contributed by atoms with Crippen LogP contribution in [0.4, 0.5) is 0 Å². The number of aryl methyl sites for hydroxylation is 1. The molecular weight excluding hydrogens is 360 g/mol. The molecule has 154 valence electrons. The van der Waals surface area contributed by atoms with Crippen LogP contribution < -0.4 is 5.32 Å². The van der Waals surface area contributed by atoms with Crippen molar-refractivity contribution in [1.82, 2.24) is 10.2 Å². The monoisotopic (exact) mass is 392 g/mol. The number of amides is 2. The fourth-order valence-corrected chi connectivity index (χ4v) is 3.68. The molecule has 29 heavy (non-hydrogen) atoms. The van der Waals surface area contributed by atoms with Gasteiger partial charge in [0.1, 0.15) is 0 Å². The van der Waals surface area contributed by atoms with Crippen LogP contribution in [0, 0.1) is 12.8 Å². The Balaban J connectivity index is 1.49. The van der Waals surface area contributed by atoms with E-state index in [4.69, 9.17) is 0 Å². The molecule has 1 saturated heterocycles. The predicted molar refractivity (Wildman–Crippen MR) is 117 cm³/mol. The molecule has 0 aromatic heterocycles. The zero-order chi connectivity index (χ0) is 21.0. The standard InChI is InChI=1S/C25H32N2O2/c1-18-5-7-19(8-6-18)17-26-23(28)20-13-15-27(16-14-20)24(29)21-9-11-22(12-10-21)25(2,3)4/h5-12,20H,13-17H2,1-4H3,(H,26,28). The average molecular weight is 393 g/mol. The zero-order valence-electron chi connectivity index (χ0n) is 18.0. The summed E-state index contributed by atoms with van der Waals surface area (Å²) in [6, 6.07) is 16.1. The summed E-state index contributed by atoms with van der Waals surface area (Å²) >= 11 is 0. The number of piperidine rings is 1. The van der Waals surface area contributed by atoms with Crippen molar-refractivity contribution in [2.75, 3.05) is 13.1 Å². The molecule has 0 unspecified atom stereocenters. The molecule has 0 spiro atoms. The van der Waals surface area contributed by atoms with Gasteiger partial charge in [0.15, 0.2) is 0 Å². The predicted octanol–water partition coefficient (Wildman–Crippen LogP) is 4.46. The van der Waals surface area contributed by atoms with E-state index >= 15 is 0 Å². The number of nitrogens with one attached hydrogen (secondary N) is 1. The van der Waals surface area contributed by atoms with Gasteiger partial charge in [-0.15, -0.1) is 0 Å². The van der Waals surface area contributed by atoms with Crippen LogP contribution in [0.5, 0.6) is 0 Å². The van der Waals surface area contributed by atoms with E-state index in [-0.39, 0.29) is 23.1 Å². The SMILES string of the molecule is Cc1ccc(CNC(=O)C2CCN(C(=O)c3ccc(C(C)(C)C)cc3)CC2)cc1. The lowest BCUT2D eigenvalue weighted by molar-refractivity contribution is -0.126. The van der Waals surface area contributed by atoms with Gasteiger partial charge in [-0.1, -0.05) is 62.7 Å². The second-order valence-electron chi connectivity index (χ2n) is 9.10. The van der Waals surface area contributed by atoms with Gasteiger partial charge in [0, 0.05) is 31.1 Å². The third-order valence-corrected chi connectivity index (χ3v) is 5.74. The Morgan fingerprint density at radius 3 is 2.10 bits per heavy atom. The highest BCUT2D eigenvalue weighted by Gasteiger charge is 2.28. The highest BCUT2D eigenvalue weighted by atomic mass is 16.2. The quantitative estimate of drug-likeness (QED) is 0.835. The number of hydrogen-bond donors (Lipinski definition) is 1. The molecular formula is C25H32N2O2. The Morgan fingerprint density at radius 2 is 1.55 bits per heavy atom. The van der Waals surface area contributed by atoms with Gasteiger partial charge >= 0.3 is 0 Å². The topological polar surface area (TPSA) is 49.4 Å². The molecule has 1 aliphatic heterocycles. The van der Waals surface area contributed by atoms with E-state index in [1.807, 2.05) is 41.3 Å². The molecule has 2 amide bonds. The molecule has 1 aliphatic rings. The van der Waals surface area contributed by atoms with Crippen LogP contribution in [0.1, 0.15) is 60.7 Å². The van der Waals surface area contributed by atoms with Crippen molar-refractivity contribution in [3.8, 4) is 0 Å². The second-order valence-corrected chi connectivity index (χ2v) is 9.10. The van der Waals surface area contributed by atoms with E-state index in [9.17, 15) is 9.59 Å². The highest BCUT2D eigenvalue weighted by molar-refractivity contribution is 5.94. The number of likely N-dealkylation sites (tertiary alicyclic amines) is 1. The van der Waals surface area contributed by atoms with Gasteiger partial charge in [-0.25, -0.2) is 0 Å². The molecule has 0 radical (unpaired) electrons. The Hall–Kier alpha value is -2.62. The van der Waals surface area contributed by atoms with Crippen LogP contribution in [0.2, 0.25) is 0 Å². The Kier molecular flexibility index (Phi) is 6.41. The summed E-state index contributed by atoms with van der Waals surface area (Å²) in [6.45, 7) is 10.4. The molecule has 4 nitrogen and oxygen atoms in total. The highest BCUT2D eigenvalue weighted by Crippen LogP contribution is 2.24. The minimum Gasteiger partial charge on any atom is -0.352 e. The van der Waals surface area contributed by atoms with Gasteiger partial charge in [-0.3, -0.25) is 9.59 Å². The molecule has 1 fully saturated rings. The van der Waals surface area contributed by atoms with Crippen LogP contribution in [-0.4, -0.2) is 29.8 Å². The summed E-state index contributed by atoms with van der Waals surface area (Å²) in [5.74, 6) is 0.129. The van der Waals surface area contributed by atoms with Crippen molar-refractivity contribution < 1.29 is 9.59 Å². The summed E-state index contributed by atoms with van der Waals surface area (Å²) < 4.78 is 0. The number of carbonyl (C=O) groups is 2. The number of benzene rings is 2. The van der Waals surface area contributed by atoms with Crippen molar-refractivity contribution in [2.24, 2.45) is 5.92 Å². The minimum atomic E-state index is -0.0206. The first-order chi connectivity index (χ1) is 13.7. The van der Waals surface area contributed by atoms with E-state index in [0.717, 1.165) is 11.1 Å². The molecule has 0 bridgehead atoms. The fraction of sp³-hybridized carbons (Fsp3) is 0.440. The zero-order valence-corrected chi connectivity index (χ0v) is 18.0. The first-order valence-electron chi connectivity index (χ1n) is 10.5. The fourth-order valence-electron chi connectivity index (χ4n) is 3.68. The smallest absolute Gasteiger partial charge is 0.253 e. The largest absolute Gasteiger partial charge is 0.352 e. The van der Waals surface area contributed by atoms with Gasteiger partial charge in [0.25, 0.3) is 5.91 Å². The van der Waals surface area contributed by atoms with Crippen LogP contribution >= 0.6 is 0 Å². The molecule has 0 aliphatic carbocycles. The summed E-state index contributed by atoms with van der Waals surface area (Å²) in [7, 11) is 0. The van der Waals surface area contributed by atoms with Gasteiger partial charge in [0.2, 0.25) is 5.91 Å². The molecule has 4 heteroatoms. The molecule has 1 heterocycles. The lowest BCUT2D eigenvalue weighted by Gasteiger charge is -2.31. The third kappa shape index (κ3) is 5.47. The lowest BCUT2D eigenvalue weighted by Crippen LogP contribution is -2.42. The summed E-state index contributed by atoms with van der Waals surface area (Å²) in [5, 5.41) is 3.04. The first-order valence-corrected chi connectivity index (χ1v) is 10.5. The second kappa shape index (κ2) is 8.81. The Bertz CT molecular complexity index is 840. The number of nitrogens with zero attached hydrogens (tertiary/aromatic N) is 1. The maximum Gasteiger partial charge on any atom is 0.253 e. The Labute approximate surface area is 174 Å². The minimum absolute atomic E-state index is 0.0206. The maximum absolute atomic E-state index is 12.8. The van der Waals surface area contributed by atoms with Gasteiger partial charge in [0.05, 0.1) is 0 Å². The first kappa shape index (κ1) is 21.1. The van der Waals surface area contributed by atoms with Crippen LogP contribution in [0.15, 0.2) is 48.5 Å². The number of carbonyl (C=O) groups excluding carboxylic acids is 2. The molecule has 2 aromatic rings. The van der Waals surface area contributed by atoms with Gasteiger partial charge < -0.3 is 10.2 Å². The van der Waals surface area contributed by atoms with Crippen molar-refractivity contribution in [3.63, 3.8) is 0 Å². The lowest BCUT2D eigenvalue weighted by atomic mass is 9.86. The molecule has 2 aromatic carbocycles. The molecule has 3 rings (SSSR count). The van der Waals surface area contributed by atoms with Gasteiger partial charge in [-0.05, 0) is 48.4 Å². The van der Waals surface area contributed by atoms with E-state index in [1.165, 1.54) is 11.1 Å². The van der Waals surface area contributed by atoms with E-state index in [2.05, 4.69) is 45.1 Å². The number of rotatable bonds is 4. The van der Waals surface area contributed by atoms with Crippen LogP contribution in [0.3, 0.4) is 0 Å². The number of hydrogen-bond acceptors (Lipinski definition) is 2. The third-order valence-electron chi connectivity index (χ3n) is 5.74. The average Bonchev–Trinajstić information content (AvgIpc) is 2.72. The Morgan fingerprint density at radius 1 is 0.966 bits per heavy atom. The van der Waals surface area contributed by atoms with Crippen LogP contribution in [-0.2, 0) is 16.8 Å². The van der Waals surface area contributed by atoms with Crippen molar-refractivity contribution in [3.05, 3.63) is 70.8 Å².